The molecular formula is C18H15N3S. The van der Waals surface area contributed by atoms with E-state index >= 15 is 0 Å². The zero-order valence-electron chi connectivity index (χ0n) is 12.0. The minimum atomic E-state index is 0.876. The molecule has 0 bridgehead atoms. The third-order valence-corrected chi connectivity index (χ3v) is 4.52. The van der Waals surface area contributed by atoms with E-state index in [2.05, 4.69) is 46.8 Å². The summed E-state index contributed by atoms with van der Waals surface area (Å²) in [6.45, 7) is 0.876. The molecule has 0 aliphatic carbocycles. The van der Waals surface area contributed by atoms with Crippen LogP contribution in [0.15, 0.2) is 65.0 Å². The number of para-hydroxylation sites is 1. The maximum Gasteiger partial charge on any atom is 0.0946 e. The molecule has 0 saturated heterocycles. The third-order valence-electron chi connectivity index (χ3n) is 3.63. The lowest BCUT2D eigenvalue weighted by atomic mass is 10.1. The minimum Gasteiger partial charge on any atom is -0.292 e. The van der Waals surface area contributed by atoms with Crippen LogP contribution in [0.25, 0.3) is 21.8 Å². The lowest BCUT2D eigenvalue weighted by Crippen LogP contribution is -2.00. The van der Waals surface area contributed by atoms with Crippen molar-refractivity contribution >= 4 is 23.1 Å². The number of nitrogens with zero attached hydrogens (tertiary/aromatic N) is 3. The molecule has 3 nitrogen and oxygen atoms in total. The molecule has 0 radical (unpaired) electrons. The Morgan fingerprint density at radius 1 is 1.05 bits per heavy atom. The van der Waals surface area contributed by atoms with Crippen LogP contribution in [0.4, 0.5) is 0 Å². The van der Waals surface area contributed by atoms with Gasteiger partial charge in [0.1, 0.15) is 0 Å². The summed E-state index contributed by atoms with van der Waals surface area (Å²) in [5.41, 5.74) is 4.29. The highest BCUT2D eigenvalue weighted by Gasteiger charge is 2.14. The maximum absolute atomic E-state index is 4.82. The molecule has 0 N–H and O–H groups in total. The zero-order chi connectivity index (χ0) is 14.8. The Labute approximate surface area is 133 Å². The van der Waals surface area contributed by atoms with Crippen molar-refractivity contribution in [3.05, 3.63) is 65.7 Å². The van der Waals surface area contributed by atoms with Gasteiger partial charge in [-0.1, -0.05) is 30.3 Å². The van der Waals surface area contributed by atoms with Gasteiger partial charge in [-0.25, -0.2) is 4.68 Å². The number of aliphatic imine (C=N–C) groups is 1. The first-order valence-electron chi connectivity index (χ1n) is 7.31. The van der Waals surface area contributed by atoms with Gasteiger partial charge < -0.3 is 0 Å². The lowest BCUT2D eigenvalue weighted by Gasteiger charge is -2.05. The Morgan fingerprint density at radius 3 is 2.68 bits per heavy atom. The van der Waals surface area contributed by atoms with Crippen LogP contribution in [-0.4, -0.2) is 22.5 Å². The van der Waals surface area contributed by atoms with Crippen molar-refractivity contribution in [3.63, 3.8) is 0 Å². The van der Waals surface area contributed by atoms with Crippen LogP contribution in [-0.2, 0) is 0 Å². The van der Waals surface area contributed by atoms with Gasteiger partial charge in [-0.15, -0.1) is 11.3 Å². The van der Waals surface area contributed by atoms with Crippen LogP contribution in [0.3, 0.4) is 0 Å². The first-order chi connectivity index (χ1) is 10.9. The second kappa shape index (κ2) is 5.73. The SMILES string of the molecule is C1=NCCC=C1c1cc(-c2cccs2)n(-c2ccccc2)n1. The van der Waals surface area contributed by atoms with Gasteiger partial charge in [0.05, 0.1) is 22.0 Å². The fraction of sp³-hybridized carbons (Fsp3) is 0.111. The molecule has 1 aliphatic heterocycles. The van der Waals surface area contributed by atoms with Crippen LogP contribution in [0, 0.1) is 0 Å². The van der Waals surface area contributed by atoms with Crippen LogP contribution in [0.2, 0.25) is 0 Å². The smallest absolute Gasteiger partial charge is 0.0946 e. The Kier molecular flexibility index (Phi) is 3.45. The van der Waals surface area contributed by atoms with Crippen molar-refractivity contribution in [1.82, 2.24) is 9.78 Å². The monoisotopic (exact) mass is 305 g/mol. The summed E-state index contributed by atoms with van der Waals surface area (Å²) in [5.74, 6) is 0. The van der Waals surface area contributed by atoms with E-state index in [0.29, 0.717) is 0 Å². The molecule has 0 amide bonds. The summed E-state index contributed by atoms with van der Waals surface area (Å²) >= 11 is 1.73. The maximum atomic E-state index is 4.82. The summed E-state index contributed by atoms with van der Waals surface area (Å²) < 4.78 is 2.02. The van der Waals surface area contributed by atoms with Crippen LogP contribution < -0.4 is 0 Å². The van der Waals surface area contributed by atoms with Gasteiger partial charge >= 0.3 is 0 Å². The first kappa shape index (κ1) is 13.2. The van der Waals surface area contributed by atoms with E-state index in [-0.39, 0.29) is 0 Å². The zero-order valence-corrected chi connectivity index (χ0v) is 12.8. The topological polar surface area (TPSA) is 30.2 Å². The molecule has 3 heterocycles. The van der Waals surface area contributed by atoms with E-state index in [9.17, 15) is 0 Å². The first-order valence-corrected chi connectivity index (χ1v) is 8.19. The average molecular weight is 305 g/mol. The Morgan fingerprint density at radius 2 is 1.95 bits per heavy atom. The number of dihydropyridines is 1. The number of hydrogen-bond acceptors (Lipinski definition) is 3. The fourth-order valence-electron chi connectivity index (χ4n) is 2.57. The predicted molar refractivity (Wildman–Crippen MR) is 92.8 cm³/mol. The van der Waals surface area contributed by atoms with E-state index in [4.69, 9.17) is 5.10 Å². The summed E-state index contributed by atoms with van der Waals surface area (Å²) in [4.78, 5) is 5.59. The summed E-state index contributed by atoms with van der Waals surface area (Å²) in [5, 5.41) is 6.92. The quantitative estimate of drug-likeness (QED) is 0.702. The highest BCUT2D eigenvalue weighted by molar-refractivity contribution is 7.13. The Hall–Kier alpha value is -2.46. The largest absolute Gasteiger partial charge is 0.292 e. The minimum absolute atomic E-state index is 0.876. The van der Waals surface area contributed by atoms with E-state index in [1.807, 2.05) is 29.1 Å². The van der Waals surface area contributed by atoms with E-state index < -0.39 is 0 Å². The van der Waals surface area contributed by atoms with Crippen molar-refractivity contribution in [3.8, 4) is 16.3 Å². The molecule has 0 fully saturated rings. The second-order valence-corrected chi connectivity index (χ2v) is 6.07. The predicted octanol–water partition coefficient (Wildman–Crippen LogP) is 4.46. The van der Waals surface area contributed by atoms with Crippen molar-refractivity contribution < 1.29 is 0 Å². The standard InChI is InChI=1S/C18H15N3S/c1-2-7-15(8-3-1)21-17(18-9-5-11-22-18)12-16(20-21)14-6-4-10-19-13-14/h1-3,5-9,11-13H,4,10H2. The molecule has 0 spiro atoms. The average Bonchev–Trinajstić information content (AvgIpc) is 3.26. The molecule has 4 heteroatoms. The second-order valence-electron chi connectivity index (χ2n) is 5.12. The van der Waals surface area contributed by atoms with Gasteiger partial charge in [0, 0.05) is 18.3 Å². The Bertz CT molecular complexity index is 827. The van der Waals surface area contributed by atoms with Gasteiger partial charge in [-0.3, -0.25) is 4.99 Å². The molecule has 22 heavy (non-hydrogen) atoms. The number of rotatable bonds is 3. The fourth-order valence-corrected chi connectivity index (χ4v) is 3.30. The normalized spacial score (nSPS) is 14.1. The van der Waals surface area contributed by atoms with E-state index in [0.717, 1.165) is 35.6 Å². The molecule has 4 rings (SSSR count). The molecule has 3 aromatic rings. The highest BCUT2D eigenvalue weighted by atomic mass is 32.1. The van der Waals surface area contributed by atoms with Crippen molar-refractivity contribution in [1.29, 1.82) is 0 Å². The van der Waals surface area contributed by atoms with Gasteiger partial charge in [0.15, 0.2) is 0 Å². The van der Waals surface area contributed by atoms with Gasteiger partial charge in [-0.2, -0.15) is 5.10 Å². The van der Waals surface area contributed by atoms with Crippen LogP contribution in [0.1, 0.15) is 12.1 Å². The van der Waals surface area contributed by atoms with Gasteiger partial charge in [-0.05, 0) is 36.1 Å². The summed E-state index contributed by atoms with van der Waals surface area (Å²) in [6, 6.07) is 16.6. The Balaban J connectivity index is 1.87. The number of aromatic nitrogens is 2. The molecule has 0 saturated carbocycles. The van der Waals surface area contributed by atoms with Gasteiger partial charge in [0.2, 0.25) is 0 Å². The van der Waals surface area contributed by atoms with Crippen molar-refractivity contribution in [2.45, 2.75) is 6.42 Å². The van der Waals surface area contributed by atoms with Crippen LogP contribution >= 0.6 is 11.3 Å². The number of thiophene rings is 1. The number of benzene rings is 1. The molecule has 1 aromatic carbocycles. The lowest BCUT2D eigenvalue weighted by molar-refractivity contribution is 0.882. The molecule has 1 aliphatic rings. The van der Waals surface area contributed by atoms with Crippen LogP contribution in [0.5, 0.6) is 0 Å². The highest BCUT2D eigenvalue weighted by Crippen LogP contribution is 2.30. The number of allylic oxidation sites excluding steroid dienone is 1. The van der Waals surface area contributed by atoms with E-state index in [1.54, 1.807) is 11.3 Å². The molecule has 0 atom stereocenters. The van der Waals surface area contributed by atoms with Crippen molar-refractivity contribution in [2.24, 2.45) is 4.99 Å². The summed E-state index contributed by atoms with van der Waals surface area (Å²) in [7, 11) is 0. The van der Waals surface area contributed by atoms with Crippen molar-refractivity contribution in [2.75, 3.05) is 6.54 Å². The molecule has 0 unspecified atom stereocenters. The molecule has 108 valence electrons. The molecular weight excluding hydrogens is 290 g/mol. The number of hydrogen-bond donors (Lipinski definition) is 0. The molecule has 2 aromatic heterocycles. The van der Waals surface area contributed by atoms with Gasteiger partial charge in [0.25, 0.3) is 0 Å². The third kappa shape index (κ3) is 2.42. The van der Waals surface area contributed by atoms with E-state index in [1.165, 1.54) is 4.88 Å². The summed E-state index contributed by atoms with van der Waals surface area (Å²) in [6.07, 6.45) is 5.13.